The number of thiocarbonyl (C=S) groups is 1. The van der Waals surface area contributed by atoms with Gasteiger partial charge >= 0.3 is 0 Å². The van der Waals surface area contributed by atoms with Gasteiger partial charge in [-0.2, -0.15) is 5.10 Å². The van der Waals surface area contributed by atoms with Crippen LogP contribution in [0.1, 0.15) is 16.7 Å². The zero-order valence-electron chi connectivity index (χ0n) is 12.7. The minimum atomic E-state index is 0.475. The van der Waals surface area contributed by atoms with Crippen LogP contribution >= 0.6 is 12.2 Å². The molecule has 0 aliphatic carbocycles. The smallest absolute Gasteiger partial charge is 0.186 e. The van der Waals surface area contributed by atoms with Crippen molar-refractivity contribution in [3.8, 4) is 5.75 Å². The van der Waals surface area contributed by atoms with E-state index in [0.717, 1.165) is 16.9 Å². The van der Waals surface area contributed by atoms with E-state index < -0.39 is 0 Å². The molecule has 2 aromatic rings. The highest BCUT2D eigenvalue weighted by atomic mass is 32.1. The van der Waals surface area contributed by atoms with Crippen LogP contribution in [0.4, 0.5) is 0 Å². The Morgan fingerprint density at radius 3 is 2.82 bits per heavy atom. The number of hydrogen-bond acceptors (Lipinski definition) is 3. The van der Waals surface area contributed by atoms with Gasteiger partial charge in [-0.05, 0) is 42.4 Å². The van der Waals surface area contributed by atoms with Gasteiger partial charge in [-0.3, -0.25) is 5.43 Å². The fourth-order valence-electron chi connectivity index (χ4n) is 1.87. The van der Waals surface area contributed by atoms with E-state index in [4.69, 9.17) is 17.0 Å². The van der Waals surface area contributed by atoms with Crippen molar-refractivity contribution in [3.05, 3.63) is 65.2 Å². The first-order valence-electron chi connectivity index (χ1n) is 6.96. The summed E-state index contributed by atoms with van der Waals surface area (Å²) in [6.45, 7) is 2.62. The van der Waals surface area contributed by atoms with Crippen LogP contribution in [-0.2, 0) is 6.61 Å². The number of ether oxygens (including phenoxy) is 1. The molecule has 2 N–H and O–H groups in total. The van der Waals surface area contributed by atoms with E-state index in [-0.39, 0.29) is 0 Å². The molecule has 0 heterocycles. The third kappa shape index (κ3) is 5.18. The van der Waals surface area contributed by atoms with E-state index in [1.807, 2.05) is 30.3 Å². The van der Waals surface area contributed by atoms with Crippen LogP contribution in [-0.4, -0.2) is 18.4 Å². The average Bonchev–Trinajstić information content (AvgIpc) is 2.53. The number of nitrogens with one attached hydrogen (secondary N) is 2. The number of hydrazone groups is 1. The van der Waals surface area contributed by atoms with Crippen molar-refractivity contribution in [1.29, 1.82) is 0 Å². The summed E-state index contributed by atoms with van der Waals surface area (Å²) >= 11 is 4.94. The van der Waals surface area contributed by atoms with Crippen molar-refractivity contribution in [3.63, 3.8) is 0 Å². The van der Waals surface area contributed by atoms with E-state index in [2.05, 4.69) is 41.0 Å². The summed E-state index contributed by atoms with van der Waals surface area (Å²) in [5.74, 6) is 0.807. The first kappa shape index (κ1) is 16.0. The summed E-state index contributed by atoms with van der Waals surface area (Å²) < 4.78 is 5.82. The van der Waals surface area contributed by atoms with E-state index in [1.54, 1.807) is 13.3 Å². The number of rotatable bonds is 5. The topological polar surface area (TPSA) is 45.7 Å². The molecule has 0 radical (unpaired) electrons. The molecule has 0 aromatic heterocycles. The third-order valence-corrected chi connectivity index (χ3v) is 3.25. The average molecular weight is 313 g/mol. The quantitative estimate of drug-likeness (QED) is 0.506. The first-order valence-corrected chi connectivity index (χ1v) is 7.37. The molecule has 5 heteroatoms. The van der Waals surface area contributed by atoms with Crippen LogP contribution in [0.3, 0.4) is 0 Å². The third-order valence-electron chi connectivity index (χ3n) is 2.95. The minimum absolute atomic E-state index is 0.475. The Morgan fingerprint density at radius 1 is 1.23 bits per heavy atom. The van der Waals surface area contributed by atoms with E-state index in [0.29, 0.717) is 11.7 Å². The largest absolute Gasteiger partial charge is 0.489 e. The van der Waals surface area contributed by atoms with Crippen LogP contribution in [0.25, 0.3) is 0 Å². The molecule has 0 unspecified atom stereocenters. The Balaban J connectivity index is 1.95. The Kier molecular flexibility index (Phi) is 5.91. The molecular formula is C17H19N3OS. The normalized spacial score (nSPS) is 10.5. The summed E-state index contributed by atoms with van der Waals surface area (Å²) in [6, 6.07) is 16.0. The molecule has 0 fully saturated rings. The van der Waals surface area contributed by atoms with Crippen LogP contribution in [0.15, 0.2) is 53.6 Å². The second-order valence-corrected chi connectivity index (χ2v) is 5.21. The molecule has 2 aromatic carbocycles. The number of hydrogen-bond donors (Lipinski definition) is 2. The lowest BCUT2D eigenvalue weighted by Crippen LogP contribution is -2.28. The van der Waals surface area contributed by atoms with Crippen molar-refractivity contribution < 1.29 is 4.74 Å². The fourth-order valence-corrected chi connectivity index (χ4v) is 1.93. The number of benzene rings is 2. The maximum absolute atomic E-state index is 5.82. The monoisotopic (exact) mass is 313 g/mol. The Morgan fingerprint density at radius 2 is 2.05 bits per heavy atom. The predicted molar refractivity (Wildman–Crippen MR) is 94.3 cm³/mol. The van der Waals surface area contributed by atoms with Gasteiger partial charge in [0.25, 0.3) is 0 Å². The molecule has 4 nitrogen and oxygen atoms in total. The van der Waals surface area contributed by atoms with Gasteiger partial charge in [0.15, 0.2) is 5.11 Å². The van der Waals surface area contributed by atoms with Crippen molar-refractivity contribution in [1.82, 2.24) is 10.7 Å². The Bertz CT molecular complexity index is 670. The van der Waals surface area contributed by atoms with Crippen LogP contribution in [0.5, 0.6) is 5.75 Å². The van der Waals surface area contributed by atoms with Gasteiger partial charge in [0, 0.05) is 7.05 Å². The molecular weight excluding hydrogens is 294 g/mol. The van der Waals surface area contributed by atoms with E-state index in [9.17, 15) is 0 Å². The standard InChI is InChI=1S/C17H19N3OS/c1-13-5-3-7-15(9-13)12-21-16-8-4-6-14(10-16)11-19-20-17(22)18-2/h3-11H,12H2,1-2H3,(H2,18,20,22). The maximum atomic E-state index is 5.82. The van der Waals surface area contributed by atoms with Gasteiger partial charge in [0.1, 0.15) is 12.4 Å². The zero-order valence-corrected chi connectivity index (χ0v) is 13.5. The molecule has 0 bridgehead atoms. The summed E-state index contributed by atoms with van der Waals surface area (Å²) in [7, 11) is 1.74. The van der Waals surface area contributed by atoms with Gasteiger partial charge in [-0.25, -0.2) is 0 Å². The molecule has 0 saturated carbocycles. The van der Waals surface area contributed by atoms with Crippen LogP contribution < -0.4 is 15.5 Å². The molecule has 0 aliphatic heterocycles. The van der Waals surface area contributed by atoms with Gasteiger partial charge < -0.3 is 10.1 Å². The summed E-state index contributed by atoms with van der Waals surface area (Å²) in [5.41, 5.74) is 6.03. The lowest BCUT2D eigenvalue weighted by Gasteiger charge is -2.07. The fraction of sp³-hybridized carbons (Fsp3) is 0.176. The number of nitrogens with zero attached hydrogens (tertiary/aromatic N) is 1. The van der Waals surface area contributed by atoms with Gasteiger partial charge in [-0.15, -0.1) is 0 Å². The van der Waals surface area contributed by atoms with Crippen LogP contribution in [0, 0.1) is 6.92 Å². The maximum Gasteiger partial charge on any atom is 0.186 e. The number of aryl methyl sites for hydroxylation is 1. The second kappa shape index (κ2) is 8.14. The molecule has 0 aliphatic rings. The first-order chi connectivity index (χ1) is 10.7. The van der Waals surface area contributed by atoms with Crippen molar-refractivity contribution in [2.45, 2.75) is 13.5 Å². The lowest BCUT2D eigenvalue weighted by atomic mass is 10.1. The predicted octanol–water partition coefficient (Wildman–Crippen LogP) is 3.00. The van der Waals surface area contributed by atoms with Crippen molar-refractivity contribution in [2.24, 2.45) is 5.10 Å². The highest BCUT2D eigenvalue weighted by Gasteiger charge is 1.98. The molecule has 114 valence electrons. The Labute approximate surface area is 136 Å². The molecule has 0 saturated heterocycles. The molecule has 0 amide bonds. The molecule has 22 heavy (non-hydrogen) atoms. The van der Waals surface area contributed by atoms with Crippen LogP contribution in [0.2, 0.25) is 0 Å². The van der Waals surface area contributed by atoms with E-state index >= 15 is 0 Å². The molecule has 0 spiro atoms. The zero-order chi connectivity index (χ0) is 15.8. The van der Waals surface area contributed by atoms with Gasteiger partial charge in [0.05, 0.1) is 6.21 Å². The highest BCUT2D eigenvalue weighted by Crippen LogP contribution is 2.14. The minimum Gasteiger partial charge on any atom is -0.489 e. The van der Waals surface area contributed by atoms with Crippen molar-refractivity contribution >= 4 is 23.5 Å². The van der Waals surface area contributed by atoms with Crippen molar-refractivity contribution in [2.75, 3.05) is 7.05 Å². The lowest BCUT2D eigenvalue weighted by molar-refractivity contribution is 0.306. The second-order valence-electron chi connectivity index (χ2n) is 4.80. The Hall–Kier alpha value is -2.40. The van der Waals surface area contributed by atoms with E-state index in [1.165, 1.54) is 5.56 Å². The molecule has 0 atom stereocenters. The summed E-state index contributed by atoms with van der Waals surface area (Å²) in [4.78, 5) is 0. The summed E-state index contributed by atoms with van der Waals surface area (Å²) in [6.07, 6.45) is 1.70. The summed E-state index contributed by atoms with van der Waals surface area (Å²) in [5, 5.41) is 7.31. The van der Waals surface area contributed by atoms with Gasteiger partial charge in [0.2, 0.25) is 0 Å². The molecule has 2 rings (SSSR count). The highest BCUT2D eigenvalue weighted by molar-refractivity contribution is 7.80. The van der Waals surface area contributed by atoms with Gasteiger partial charge in [-0.1, -0.05) is 42.0 Å². The SMILES string of the molecule is CNC(=S)NN=Cc1cccc(OCc2cccc(C)c2)c1.